The van der Waals surface area contributed by atoms with Gasteiger partial charge in [-0.3, -0.25) is 0 Å². The number of carboxylic acid groups (broad SMARTS) is 1. The minimum Gasteiger partial charge on any atom is -0.476 e. The van der Waals surface area contributed by atoms with E-state index in [1.807, 2.05) is 13.8 Å². The van der Waals surface area contributed by atoms with Gasteiger partial charge in [-0.15, -0.1) is 0 Å². The van der Waals surface area contributed by atoms with Gasteiger partial charge in [0.2, 0.25) is 0 Å². The van der Waals surface area contributed by atoms with Crippen LogP contribution in [0.3, 0.4) is 0 Å². The number of carboxylic acids is 1. The molecule has 0 saturated carbocycles. The maximum atomic E-state index is 11.1. The van der Waals surface area contributed by atoms with E-state index in [2.05, 4.69) is 15.1 Å². The Kier molecular flexibility index (Phi) is 2.11. The first-order chi connectivity index (χ1) is 7.11. The molecule has 6 nitrogen and oxygen atoms in total. The van der Waals surface area contributed by atoms with E-state index in [9.17, 15) is 4.79 Å². The van der Waals surface area contributed by atoms with Crippen molar-refractivity contribution in [1.82, 2.24) is 19.6 Å². The molecule has 0 amide bonds. The minimum atomic E-state index is -1.02. The molecule has 0 bridgehead atoms. The quantitative estimate of drug-likeness (QED) is 0.791. The minimum absolute atomic E-state index is 0.0807. The molecule has 0 aliphatic heterocycles. The zero-order valence-electron chi connectivity index (χ0n) is 8.38. The molecule has 2 heterocycles. The summed E-state index contributed by atoms with van der Waals surface area (Å²) in [5.74, 6) is -0.634. The van der Waals surface area contributed by atoms with E-state index in [1.54, 1.807) is 0 Å². The number of hydrogen-bond acceptors (Lipinski definition) is 4. The molecule has 2 aromatic heterocycles. The van der Waals surface area contributed by atoms with E-state index >= 15 is 0 Å². The lowest BCUT2D eigenvalue weighted by molar-refractivity contribution is 0.0685. The Labute approximate surface area is 85.6 Å². The van der Waals surface area contributed by atoms with Crippen LogP contribution in [-0.2, 0) is 0 Å². The van der Waals surface area contributed by atoms with E-state index in [1.165, 1.54) is 17.0 Å². The highest BCUT2D eigenvalue weighted by Crippen LogP contribution is 2.18. The monoisotopic (exact) mass is 206 g/mol. The molecule has 0 unspecified atom stereocenters. The Morgan fingerprint density at radius 1 is 1.47 bits per heavy atom. The number of carbonyl (C=O) groups is 1. The largest absolute Gasteiger partial charge is 0.476 e. The van der Waals surface area contributed by atoms with Crippen molar-refractivity contribution in [2.45, 2.75) is 19.8 Å². The lowest BCUT2D eigenvalue weighted by Gasteiger charge is -2.09. The summed E-state index contributed by atoms with van der Waals surface area (Å²) in [5.41, 5.74) is 0.785. The zero-order chi connectivity index (χ0) is 11.0. The van der Waals surface area contributed by atoms with Crippen LogP contribution in [-0.4, -0.2) is 30.7 Å². The fourth-order valence-corrected chi connectivity index (χ4v) is 1.43. The van der Waals surface area contributed by atoms with E-state index in [4.69, 9.17) is 5.11 Å². The summed E-state index contributed by atoms with van der Waals surface area (Å²) in [6, 6.07) is 0. The van der Waals surface area contributed by atoms with Gasteiger partial charge in [0.15, 0.2) is 5.69 Å². The Morgan fingerprint density at radius 3 is 2.80 bits per heavy atom. The fraction of sp³-hybridized carbons (Fsp3) is 0.333. The highest BCUT2D eigenvalue weighted by molar-refractivity contribution is 5.88. The molecule has 0 saturated heterocycles. The molecular formula is C9H10N4O2. The van der Waals surface area contributed by atoms with Gasteiger partial charge >= 0.3 is 5.97 Å². The molecule has 78 valence electrons. The summed E-state index contributed by atoms with van der Waals surface area (Å²) < 4.78 is 1.25. The molecule has 0 aliphatic rings. The van der Waals surface area contributed by atoms with Crippen LogP contribution in [0.1, 0.15) is 35.8 Å². The van der Waals surface area contributed by atoms with Gasteiger partial charge in [0.25, 0.3) is 5.78 Å². The van der Waals surface area contributed by atoms with Gasteiger partial charge in [-0.1, -0.05) is 13.8 Å². The van der Waals surface area contributed by atoms with Crippen molar-refractivity contribution in [3.05, 3.63) is 23.8 Å². The third-order valence-corrected chi connectivity index (χ3v) is 2.16. The Balaban J connectivity index is 2.81. The van der Waals surface area contributed by atoms with Gasteiger partial charge in [0.1, 0.15) is 6.33 Å². The summed E-state index contributed by atoms with van der Waals surface area (Å²) in [7, 11) is 0. The van der Waals surface area contributed by atoms with Crippen molar-refractivity contribution in [1.29, 1.82) is 0 Å². The highest BCUT2D eigenvalue weighted by Gasteiger charge is 2.18. The molecule has 0 spiro atoms. The topological polar surface area (TPSA) is 80.4 Å². The SMILES string of the molecule is CC(C)c1cnc2ncnn2c1C(=O)O. The molecule has 15 heavy (non-hydrogen) atoms. The third-order valence-electron chi connectivity index (χ3n) is 2.16. The molecule has 6 heteroatoms. The molecule has 0 fully saturated rings. The Hall–Kier alpha value is -1.98. The number of aromatic nitrogens is 4. The van der Waals surface area contributed by atoms with Crippen LogP contribution < -0.4 is 0 Å². The second kappa shape index (κ2) is 3.30. The molecule has 2 rings (SSSR count). The molecule has 1 N–H and O–H groups in total. The van der Waals surface area contributed by atoms with Gasteiger partial charge in [0.05, 0.1) is 0 Å². The summed E-state index contributed by atoms with van der Waals surface area (Å²) in [5, 5.41) is 13.0. The van der Waals surface area contributed by atoms with Crippen LogP contribution >= 0.6 is 0 Å². The first-order valence-corrected chi connectivity index (χ1v) is 4.53. The number of rotatable bonds is 2. The molecule has 0 aliphatic carbocycles. The van der Waals surface area contributed by atoms with E-state index in [0.717, 1.165) is 0 Å². The molecule has 0 atom stereocenters. The normalized spacial score (nSPS) is 11.1. The summed E-state index contributed by atoms with van der Waals surface area (Å²) in [4.78, 5) is 19.0. The highest BCUT2D eigenvalue weighted by atomic mass is 16.4. The van der Waals surface area contributed by atoms with Crippen LogP contribution in [0.15, 0.2) is 12.5 Å². The lowest BCUT2D eigenvalue weighted by atomic mass is 10.0. The number of nitrogens with zero attached hydrogens (tertiary/aromatic N) is 4. The maximum absolute atomic E-state index is 11.1. The molecule has 2 aromatic rings. The molecule has 0 aromatic carbocycles. The molecular weight excluding hydrogens is 196 g/mol. The number of fused-ring (bicyclic) bond motifs is 1. The zero-order valence-corrected chi connectivity index (χ0v) is 8.38. The van der Waals surface area contributed by atoms with Crippen molar-refractivity contribution in [2.24, 2.45) is 0 Å². The standard InChI is InChI=1S/C9H10N4O2/c1-5(2)6-3-10-9-11-4-12-13(9)7(6)8(14)15/h3-5H,1-2H3,(H,14,15). The van der Waals surface area contributed by atoms with Crippen LogP contribution in [0, 0.1) is 0 Å². The summed E-state index contributed by atoms with van der Waals surface area (Å²) in [6.07, 6.45) is 2.83. The van der Waals surface area contributed by atoms with Gasteiger partial charge in [-0.05, 0) is 5.92 Å². The predicted octanol–water partition coefficient (Wildman–Crippen LogP) is 0.946. The van der Waals surface area contributed by atoms with Crippen LogP contribution in [0.2, 0.25) is 0 Å². The van der Waals surface area contributed by atoms with Crippen molar-refractivity contribution in [3.63, 3.8) is 0 Å². The second-order valence-corrected chi connectivity index (χ2v) is 3.49. The summed E-state index contributed by atoms with van der Waals surface area (Å²) >= 11 is 0. The van der Waals surface area contributed by atoms with Crippen LogP contribution in [0.4, 0.5) is 0 Å². The number of aromatic carboxylic acids is 1. The van der Waals surface area contributed by atoms with Crippen LogP contribution in [0.5, 0.6) is 0 Å². The van der Waals surface area contributed by atoms with Gasteiger partial charge < -0.3 is 5.11 Å². The van der Waals surface area contributed by atoms with Crippen molar-refractivity contribution < 1.29 is 9.90 Å². The third kappa shape index (κ3) is 1.43. The first kappa shape index (κ1) is 9.57. The van der Waals surface area contributed by atoms with E-state index < -0.39 is 5.97 Å². The van der Waals surface area contributed by atoms with Gasteiger partial charge in [-0.2, -0.15) is 14.6 Å². The summed E-state index contributed by atoms with van der Waals surface area (Å²) in [6.45, 7) is 3.82. The number of hydrogen-bond donors (Lipinski definition) is 1. The van der Waals surface area contributed by atoms with Gasteiger partial charge in [0, 0.05) is 11.8 Å². The maximum Gasteiger partial charge on any atom is 0.355 e. The molecule has 0 radical (unpaired) electrons. The van der Waals surface area contributed by atoms with E-state index in [-0.39, 0.29) is 11.6 Å². The van der Waals surface area contributed by atoms with Crippen LogP contribution in [0.25, 0.3) is 5.78 Å². The van der Waals surface area contributed by atoms with Crippen molar-refractivity contribution in [3.8, 4) is 0 Å². The Morgan fingerprint density at radius 2 is 2.20 bits per heavy atom. The lowest BCUT2D eigenvalue weighted by Crippen LogP contribution is -2.12. The fourth-order valence-electron chi connectivity index (χ4n) is 1.43. The van der Waals surface area contributed by atoms with Crippen molar-refractivity contribution in [2.75, 3.05) is 0 Å². The first-order valence-electron chi connectivity index (χ1n) is 4.53. The van der Waals surface area contributed by atoms with E-state index in [0.29, 0.717) is 11.3 Å². The Bertz CT molecular complexity index is 518. The van der Waals surface area contributed by atoms with Gasteiger partial charge in [-0.25, -0.2) is 9.78 Å². The average Bonchev–Trinajstić information content (AvgIpc) is 2.62. The smallest absolute Gasteiger partial charge is 0.355 e. The average molecular weight is 206 g/mol. The second-order valence-electron chi connectivity index (χ2n) is 3.49. The predicted molar refractivity (Wildman–Crippen MR) is 51.8 cm³/mol. The van der Waals surface area contributed by atoms with Crippen molar-refractivity contribution >= 4 is 11.7 Å².